The fourth-order valence-electron chi connectivity index (χ4n) is 6.24. The third kappa shape index (κ3) is 6.95. The van der Waals surface area contributed by atoms with E-state index in [4.69, 9.17) is 14.7 Å². The van der Waals surface area contributed by atoms with Gasteiger partial charge >= 0.3 is 0 Å². The Hall–Kier alpha value is -5.45. The summed E-state index contributed by atoms with van der Waals surface area (Å²) in [5, 5.41) is 0. The number of aromatic nitrogens is 2. The summed E-state index contributed by atoms with van der Waals surface area (Å²) < 4.78 is 6.74. The fourth-order valence-corrected chi connectivity index (χ4v) is 7.23. The Kier molecular flexibility index (Phi) is 9.17. The van der Waals surface area contributed by atoms with Gasteiger partial charge in [0.1, 0.15) is 11.5 Å². The molecule has 1 atom stereocenters. The third-order valence-corrected chi connectivity index (χ3v) is 9.59. The van der Waals surface area contributed by atoms with Gasteiger partial charge in [-0.05, 0) is 126 Å². The molecule has 0 fully saturated rings. The minimum absolute atomic E-state index is 0.0876. The Bertz CT molecular complexity index is 2140. The number of rotatable bonds is 9. The lowest BCUT2D eigenvalue weighted by Gasteiger charge is -2.21. The predicted octanol–water partition coefficient (Wildman–Crippen LogP) is 11.9. The molecule has 0 aliphatic rings. The Morgan fingerprint density at radius 3 is 2.10 bits per heavy atom. The van der Waals surface area contributed by atoms with E-state index in [-0.39, 0.29) is 5.92 Å². The highest BCUT2D eigenvalue weighted by Gasteiger charge is 2.22. The topological polar surface area (TPSA) is 35.0 Å². The van der Waals surface area contributed by atoms with Gasteiger partial charge in [-0.25, -0.2) is 0 Å². The van der Waals surface area contributed by atoms with E-state index in [1.54, 1.807) is 11.8 Å². The zero-order valence-corrected chi connectivity index (χ0v) is 28.1. The monoisotopic (exact) mass is 640 g/mol. The van der Waals surface area contributed by atoms with Crippen molar-refractivity contribution in [3.8, 4) is 33.9 Å². The molecule has 7 aromatic rings. The van der Waals surface area contributed by atoms with Crippen molar-refractivity contribution in [1.82, 2.24) is 9.97 Å². The van der Waals surface area contributed by atoms with Crippen molar-refractivity contribution in [2.45, 2.75) is 36.5 Å². The van der Waals surface area contributed by atoms with Crippen molar-refractivity contribution in [2.24, 2.45) is 0 Å². The number of benzene rings is 5. The van der Waals surface area contributed by atoms with Crippen molar-refractivity contribution in [3.63, 3.8) is 0 Å². The Labute approximate surface area is 287 Å². The van der Waals surface area contributed by atoms with E-state index in [1.165, 1.54) is 32.0 Å². The Morgan fingerprint density at radius 1 is 0.583 bits per heavy atom. The van der Waals surface area contributed by atoms with Crippen molar-refractivity contribution in [1.29, 1.82) is 0 Å². The molecule has 0 bridgehead atoms. The maximum absolute atomic E-state index is 6.74. The molecule has 0 saturated heterocycles. The lowest BCUT2D eigenvalue weighted by molar-refractivity contribution is 0.482. The molecule has 7 rings (SSSR count). The molecular formula is C44H36N2OS. The van der Waals surface area contributed by atoms with E-state index in [2.05, 4.69) is 154 Å². The van der Waals surface area contributed by atoms with Gasteiger partial charge in [-0.1, -0.05) is 90.6 Å². The van der Waals surface area contributed by atoms with Crippen molar-refractivity contribution in [3.05, 3.63) is 191 Å². The number of pyridine rings is 2. The van der Waals surface area contributed by atoms with Crippen LogP contribution in [0, 0.1) is 20.8 Å². The first kappa shape index (κ1) is 31.2. The zero-order chi connectivity index (χ0) is 32.9. The van der Waals surface area contributed by atoms with Gasteiger partial charge < -0.3 is 4.74 Å². The highest BCUT2D eigenvalue weighted by atomic mass is 32.2. The number of hydrogen-bond acceptors (Lipinski definition) is 4. The maximum Gasteiger partial charge on any atom is 0.128 e. The number of ether oxygens (including phenoxy) is 1. The largest absolute Gasteiger partial charge is 0.457 e. The van der Waals surface area contributed by atoms with E-state index in [9.17, 15) is 0 Å². The fraction of sp³-hybridized carbons (Fsp3) is 0.0909. The van der Waals surface area contributed by atoms with Gasteiger partial charge in [0.15, 0.2) is 0 Å². The number of hydrogen-bond donors (Lipinski definition) is 0. The minimum Gasteiger partial charge on any atom is -0.457 e. The van der Waals surface area contributed by atoms with Crippen molar-refractivity contribution >= 4 is 11.8 Å². The molecule has 2 aromatic heterocycles. The van der Waals surface area contributed by atoms with Crippen LogP contribution < -0.4 is 4.74 Å². The summed E-state index contributed by atoms with van der Waals surface area (Å²) in [7, 11) is 0. The van der Waals surface area contributed by atoms with Gasteiger partial charge in [0.2, 0.25) is 0 Å². The average molecular weight is 641 g/mol. The summed E-state index contributed by atoms with van der Waals surface area (Å²) in [4.78, 5) is 12.0. The van der Waals surface area contributed by atoms with E-state index < -0.39 is 0 Å². The highest BCUT2D eigenvalue weighted by Crippen LogP contribution is 2.41. The van der Waals surface area contributed by atoms with E-state index >= 15 is 0 Å². The Balaban J connectivity index is 1.30. The second-order valence-electron chi connectivity index (χ2n) is 12.0. The van der Waals surface area contributed by atoms with Gasteiger partial charge in [0.05, 0.1) is 17.3 Å². The van der Waals surface area contributed by atoms with Gasteiger partial charge in [0, 0.05) is 27.7 Å². The molecular weight excluding hydrogens is 605 g/mol. The van der Waals surface area contributed by atoms with Crippen LogP contribution in [-0.4, -0.2) is 9.97 Å². The van der Waals surface area contributed by atoms with E-state index in [0.29, 0.717) is 0 Å². The van der Waals surface area contributed by atoms with E-state index in [0.717, 1.165) is 45.1 Å². The second kappa shape index (κ2) is 14.1. The smallest absolute Gasteiger partial charge is 0.128 e. The zero-order valence-electron chi connectivity index (χ0n) is 27.3. The molecule has 0 saturated carbocycles. The first-order valence-electron chi connectivity index (χ1n) is 16.2. The van der Waals surface area contributed by atoms with Crippen LogP contribution in [0.2, 0.25) is 0 Å². The van der Waals surface area contributed by atoms with Crippen LogP contribution in [0.3, 0.4) is 0 Å². The summed E-state index contributed by atoms with van der Waals surface area (Å²) in [6.45, 7) is 6.38. The Morgan fingerprint density at radius 2 is 1.33 bits per heavy atom. The van der Waals surface area contributed by atoms with Gasteiger partial charge in [-0.3, -0.25) is 9.97 Å². The van der Waals surface area contributed by atoms with Gasteiger partial charge in [0.25, 0.3) is 0 Å². The van der Waals surface area contributed by atoms with Gasteiger partial charge in [-0.15, -0.1) is 0 Å². The summed E-state index contributed by atoms with van der Waals surface area (Å²) >= 11 is 1.78. The van der Waals surface area contributed by atoms with Gasteiger partial charge in [-0.2, -0.15) is 0 Å². The summed E-state index contributed by atoms with van der Waals surface area (Å²) in [5.74, 6) is 1.44. The molecule has 3 nitrogen and oxygen atoms in total. The van der Waals surface area contributed by atoms with Crippen LogP contribution in [0.1, 0.15) is 39.4 Å². The SMILES string of the molecule is Cc1ccc(-c2cc(Oc3cccc([C@H](c4ccccn4)c4ccccc4Sc4ccccc4)c3)cc(-c3c(C)cccc3C)c2)nc1. The van der Waals surface area contributed by atoms with Crippen molar-refractivity contribution < 1.29 is 4.74 Å². The second-order valence-corrected chi connectivity index (χ2v) is 13.2. The lowest BCUT2D eigenvalue weighted by atomic mass is 9.88. The molecule has 0 radical (unpaired) electrons. The highest BCUT2D eigenvalue weighted by molar-refractivity contribution is 7.99. The van der Waals surface area contributed by atoms with Crippen LogP contribution in [0.25, 0.3) is 22.4 Å². The molecule has 2 heterocycles. The van der Waals surface area contributed by atoms with Crippen LogP contribution in [0.15, 0.2) is 168 Å². The molecule has 234 valence electrons. The summed E-state index contributed by atoms with van der Waals surface area (Å²) in [6, 6.07) is 50.8. The van der Waals surface area contributed by atoms with Crippen LogP contribution >= 0.6 is 11.8 Å². The molecule has 0 spiro atoms. The van der Waals surface area contributed by atoms with Crippen LogP contribution in [-0.2, 0) is 0 Å². The lowest BCUT2D eigenvalue weighted by Crippen LogP contribution is -2.07. The number of nitrogens with zero attached hydrogens (tertiary/aromatic N) is 2. The van der Waals surface area contributed by atoms with Crippen LogP contribution in [0.5, 0.6) is 11.5 Å². The normalized spacial score (nSPS) is 11.6. The molecule has 5 aromatic carbocycles. The molecule has 48 heavy (non-hydrogen) atoms. The molecule has 0 N–H and O–H groups in total. The first-order chi connectivity index (χ1) is 23.5. The van der Waals surface area contributed by atoms with Crippen molar-refractivity contribution in [2.75, 3.05) is 0 Å². The third-order valence-electron chi connectivity index (χ3n) is 8.50. The predicted molar refractivity (Wildman–Crippen MR) is 198 cm³/mol. The van der Waals surface area contributed by atoms with E-state index in [1.807, 2.05) is 24.5 Å². The van der Waals surface area contributed by atoms with Crippen LogP contribution in [0.4, 0.5) is 0 Å². The molecule has 0 aliphatic heterocycles. The quantitative estimate of drug-likeness (QED) is 0.157. The first-order valence-corrected chi connectivity index (χ1v) is 17.0. The molecule has 0 amide bonds. The molecule has 0 unspecified atom stereocenters. The standard InChI is InChI=1S/C44H36N2OS/c1-30-22-23-40(46-29-30)34-25-35(43-31(2)13-11-14-32(43)3)28-37(27-34)47-36-16-12-15-33(26-36)44(41-20-9-10-24-45-41)39-19-7-8-21-42(39)48-38-17-5-4-6-18-38/h4-29,44H,1-3H3/t44-/m0/s1. The number of aryl methyl sites for hydroxylation is 3. The summed E-state index contributed by atoms with van der Waals surface area (Å²) in [5.41, 5.74) is 11.1. The average Bonchev–Trinajstić information content (AvgIpc) is 3.10. The minimum atomic E-state index is -0.0876. The molecule has 0 aliphatic carbocycles. The summed E-state index contributed by atoms with van der Waals surface area (Å²) in [6.07, 6.45) is 3.78. The maximum atomic E-state index is 6.74. The molecule has 4 heteroatoms.